The molecule has 0 aromatic rings. The minimum absolute atomic E-state index is 0.0834. The number of aliphatic carboxylic acids is 1. The average molecular weight is 250 g/mol. The zero-order valence-electron chi connectivity index (χ0n) is 9.78. The lowest BCUT2D eigenvalue weighted by atomic mass is 10.2. The summed E-state index contributed by atoms with van der Waals surface area (Å²) in [5.41, 5.74) is -0.578. The van der Waals surface area contributed by atoms with Gasteiger partial charge in [-0.15, -0.1) is 0 Å². The predicted molar refractivity (Wildman–Crippen MR) is 60.4 cm³/mol. The molecular weight excluding hydrogens is 234 g/mol. The molecule has 0 radical (unpaired) electrons. The van der Waals surface area contributed by atoms with E-state index in [1.54, 1.807) is 20.8 Å². The van der Waals surface area contributed by atoms with E-state index in [1.807, 2.05) is 0 Å². The van der Waals surface area contributed by atoms with Gasteiger partial charge in [-0.3, -0.25) is 0 Å². The van der Waals surface area contributed by atoms with E-state index in [0.717, 1.165) is 0 Å². The summed E-state index contributed by atoms with van der Waals surface area (Å²) >= 11 is 5.38. The Bertz CT molecular complexity index is 306. The van der Waals surface area contributed by atoms with Crippen LogP contribution in [0.15, 0.2) is 11.1 Å². The van der Waals surface area contributed by atoms with Crippen molar-refractivity contribution in [3.8, 4) is 0 Å². The van der Waals surface area contributed by atoms with Crippen LogP contribution in [0, 0.1) is 0 Å². The van der Waals surface area contributed by atoms with E-state index in [4.69, 9.17) is 21.4 Å². The highest BCUT2D eigenvalue weighted by molar-refractivity contribution is 6.40. The summed E-state index contributed by atoms with van der Waals surface area (Å²) in [5.74, 6) is -1.22. The first kappa shape index (κ1) is 14.8. The van der Waals surface area contributed by atoms with Crippen molar-refractivity contribution < 1.29 is 19.4 Å². The minimum Gasteiger partial charge on any atom is -0.477 e. The van der Waals surface area contributed by atoms with Crippen molar-refractivity contribution in [3.63, 3.8) is 0 Å². The van der Waals surface area contributed by atoms with Crippen LogP contribution in [-0.2, 0) is 9.53 Å². The van der Waals surface area contributed by atoms with E-state index in [0.29, 0.717) is 0 Å². The topological polar surface area (TPSA) is 66.8 Å². The van der Waals surface area contributed by atoms with Crippen molar-refractivity contribution in [2.45, 2.75) is 26.4 Å². The molecule has 0 aliphatic carbocycles. The van der Waals surface area contributed by atoms with E-state index in [-0.39, 0.29) is 11.6 Å². The van der Waals surface area contributed by atoms with Gasteiger partial charge in [-0.2, -0.15) is 0 Å². The van der Waals surface area contributed by atoms with Crippen molar-refractivity contribution in [3.05, 3.63) is 11.1 Å². The van der Waals surface area contributed by atoms with Crippen LogP contribution in [0.3, 0.4) is 0 Å². The zero-order valence-corrected chi connectivity index (χ0v) is 10.5. The molecule has 0 bridgehead atoms. The number of hydrogen-bond donors (Lipinski definition) is 1. The van der Waals surface area contributed by atoms with E-state index in [2.05, 4.69) is 0 Å². The van der Waals surface area contributed by atoms with Gasteiger partial charge < -0.3 is 14.7 Å². The second-order valence-corrected chi connectivity index (χ2v) is 4.63. The lowest BCUT2D eigenvalue weighted by Crippen LogP contribution is -2.34. The molecule has 1 amide bonds. The van der Waals surface area contributed by atoms with Gasteiger partial charge in [0, 0.05) is 13.6 Å². The number of carbonyl (C=O) groups excluding carboxylic acids is 1. The minimum atomic E-state index is -1.22. The van der Waals surface area contributed by atoms with Gasteiger partial charge in [0.25, 0.3) is 0 Å². The van der Waals surface area contributed by atoms with Crippen LogP contribution in [0.5, 0.6) is 0 Å². The number of carbonyl (C=O) groups is 2. The van der Waals surface area contributed by atoms with Crippen LogP contribution in [0.1, 0.15) is 20.8 Å². The normalized spacial score (nSPS) is 12.2. The van der Waals surface area contributed by atoms with E-state index < -0.39 is 17.7 Å². The molecule has 16 heavy (non-hydrogen) atoms. The van der Waals surface area contributed by atoms with Crippen LogP contribution < -0.4 is 0 Å². The molecule has 0 heterocycles. The van der Waals surface area contributed by atoms with E-state index in [1.165, 1.54) is 18.0 Å². The van der Waals surface area contributed by atoms with Crippen LogP contribution >= 0.6 is 11.6 Å². The summed E-state index contributed by atoms with van der Waals surface area (Å²) in [6, 6.07) is 0. The number of likely N-dealkylation sites (N-methyl/N-ethyl adjacent to an activating group) is 1. The quantitative estimate of drug-likeness (QED) is 0.778. The molecule has 0 saturated heterocycles. The first-order chi connectivity index (χ1) is 7.13. The maximum Gasteiger partial charge on any atom is 0.410 e. The van der Waals surface area contributed by atoms with E-state index in [9.17, 15) is 9.59 Å². The number of carboxylic acid groups (broad SMARTS) is 1. The van der Waals surface area contributed by atoms with Gasteiger partial charge in [-0.05, 0) is 26.8 Å². The van der Waals surface area contributed by atoms with Gasteiger partial charge in [0.2, 0.25) is 0 Å². The van der Waals surface area contributed by atoms with Crippen molar-refractivity contribution in [2.24, 2.45) is 0 Å². The summed E-state index contributed by atoms with van der Waals surface area (Å²) < 4.78 is 5.06. The Balaban J connectivity index is 4.27. The van der Waals surface area contributed by atoms with Crippen molar-refractivity contribution in [1.29, 1.82) is 0 Å². The lowest BCUT2D eigenvalue weighted by molar-refractivity contribution is -0.131. The third-order valence-electron chi connectivity index (χ3n) is 1.45. The molecule has 0 fully saturated rings. The number of rotatable bonds is 3. The van der Waals surface area contributed by atoms with Crippen molar-refractivity contribution in [1.82, 2.24) is 4.90 Å². The largest absolute Gasteiger partial charge is 0.477 e. The highest BCUT2D eigenvalue weighted by atomic mass is 35.5. The standard InChI is InChI=1S/C10H16ClNO4/c1-10(2,3)16-9(15)12(4)6-5-7(11)8(13)14/h5H,6H2,1-4H3,(H,13,14)/b7-5-. The Kier molecular flexibility index (Phi) is 5.30. The van der Waals surface area contributed by atoms with Crippen LogP contribution in [0.25, 0.3) is 0 Å². The number of hydrogen-bond acceptors (Lipinski definition) is 3. The lowest BCUT2D eigenvalue weighted by Gasteiger charge is -2.23. The first-order valence-corrected chi connectivity index (χ1v) is 5.04. The number of ether oxygens (including phenoxy) is 1. The number of carboxylic acids is 1. The molecule has 0 saturated carbocycles. The first-order valence-electron chi connectivity index (χ1n) is 4.66. The molecule has 0 aliphatic heterocycles. The van der Waals surface area contributed by atoms with Gasteiger partial charge >= 0.3 is 12.1 Å². The second kappa shape index (κ2) is 5.75. The molecule has 1 N–H and O–H groups in total. The molecule has 0 aromatic heterocycles. The molecule has 0 rings (SSSR count). The molecule has 0 aliphatic rings. The summed E-state index contributed by atoms with van der Waals surface area (Å²) in [4.78, 5) is 23.0. The third kappa shape index (κ3) is 6.29. The van der Waals surface area contributed by atoms with Gasteiger partial charge in [0.1, 0.15) is 10.6 Å². The Hall–Kier alpha value is -1.23. The van der Waals surface area contributed by atoms with Crippen molar-refractivity contribution in [2.75, 3.05) is 13.6 Å². The van der Waals surface area contributed by atoms with Gasteiger partial charge in [0.05, 0.1) is 0 Å². The molecule has 5 nitrogen and oxygen atoms in total. The SMILES string of the molecule is CN(C/C=C(\Cl)C(=O)O)C(=O)OC(C)(C)C. The molecule has 0 spiro atoms. The molecule has 0 unspecified atom stereocenters. The maximum absolute atomic E-state index is 11.4. The fourth-order valence-corrected chi connectivity index (χ4v) is 0.788. The summed E-state index contributed by atoms with van der Waals surface area (Å²) in [5, 5.41) is 8.16. The predicted octanol–water partition coefficient (Wildman–Crippen LogP) is 2.06. The number of nitrogens with zero attached hydrogens (tertiary/aromatic N) is 1. The smallest absolute Gasteiger partial charge is 0.410 e. The molecule has 6 heteroatoms. The summed E-state index contributed by atoms with van der Waals surface area (Å²) in [6.07, 6.45) is 0.701. The highest BCUT2D eigenvalue weighted by Crippen LogP contribution is 2.09. The van der Waals surface area contributed by atoms with Crippen molar-refractivity contribution >= 4 is 23.7 Å². The maximum atomic E-state index is 11.4. The number of amides is 1. The zero-order chi connectivity index (χ0) is 12.9. The van der Waals surface area contributed by atoms with Crippen LogP contribution in [0.4, 0.5) is 4.79 Å². The highest BCUT2D eigenvalue weighted by Gasteiger charge is 2.19. The Morgan fingerprint density at radius 1 is 1.44 bits per heavy atom. The summed E-state index contributed by atoms with van der Waals surface area (Å²) in [7, 11) is 1.50. The Labute approximate surface area is 99.6 Å². The second-order valence-electron chi connectivity index (χ2n) is 4.22. The van der Waals surface area contributed by atoms with Crippen LogP contribution in [-0.4, -0.2) is 41.3 Å². The monoisotopic (exact) mass is 249 g/mol. The molecule has 92 valence electrons. The summed E-state index contributed by atoms with van der Waals surface area (Å²) in [6.45, 7) is 5.33. The third-order valence-corrected chi connectivity index (χ3v) is 1.77. The van der Waals surface area contributed by atoms with Gasteiger partial charge in [-0.1, -0.05) is 11.6 Å². The Morgan fingerprint density at radius 3 is 2.31 bits per heavy atom. The molecule has 0 aromatic carbocycles. The Morgan fingerprint density at radius 2 is 1.94 bits per heavy atom. The van der Waals surface area contributed by atoms with Crippen LogP contribution in [0.2, 0.25) is 0 Å². The fourth-order valence-electron chi connectivity index (χ4n) is 0.719. The van der Waals surface area contributed by atoms with Gasteiger partial charge in [-0.25, -0.2) is 9.59 Å². The average Bonchev–Trinajstić information content (AvgIpc) is 2.10. The van der Waals surface area contributed by atoms with Gasteiger partial charge in [0.15, 0.2) is 0 Å². The van der Waals surface area contributed by atoms with E-state index >= 15 is 0 Å². The molecule has 0 atom stereocenters. The fraction of sp³-hybridized carbons (Fsp3) is 0.600. The molecular formula is C10H16ClNO4. The number of halogens is 1.